The molecule has 0 saturated heterocycles. The Hall–Kier alpha value is -4.49. The van der Waals surface area contributed by atoms with Crippen molar-refractivity contribution in [3.8, 4) is 5.75 Å². The molecule has 9 N–H and O–H groups in total. The topological polar surface area (TPSA) is 228 Å². The van der Waals surface area contributed by atoms with Crippen LogP contribution in [0.15, 0.2) is 54.6 Å². The van der Waals surface area contributed by atoms with Crippen molar-refractivity contribution < 1.29 is 44.4 Å². The molecular weight excluding hydrogens is 512 g/mol. The minimum Gasteiger partial charge on any atom is -0.508 e. The summed E-state index contributed by atoms with van der Waals surface area (Å²) in [4.78, 5) is 61.5. The second-order valence-corrected chi connectivity index (χ2v) is 8.95. The van der Waals surface area contributed by atoms with E-state index < -0.39 is 66.4 Å². The highest BCUT2D eigenvalue weighted by molar-refractivity contribution is 5.95. The largest absolute Gasteiger partial charge is 0.508 e. The second-order valence-electron chi connectivity index (χ2n) is 8.95. The average molecular weight is 545 g/mol. The Balaban J connectivity index is 2.24. The highest BCUT2D eigenvalue weighted by Crippen LogP contribution is 2.12. The number of carboxylic acids is 2. The van der Waals surface area contributed by atoms with Gasteiger partial charge in [-0.05, 0) is 36.6 Å². The Morgan fingerprint density at radius 2 is 1.31 bits per heavy atom. The third-order valence-electron chi connectivity index (χ3n) is 5.70. The minimum absolute atomic E-state index is 0.0297. The van der Waals surface area contributed by atoms with E-state index in [2.05, 4.69) is 10.6 Å². The van der Waals surface area contributed by atoms with Crippen molar-refractivity contribution in [1.29, 1.82) is 0 Å². The summed E-state index contributed by atoms with van der Waals surface area (Å²) in [6, 6.07) is 8.83. The summed E-state index contributed by atoms with van der Waals surface area (Å²) < 4.78 is 0. The number of amides is 3. The number of aliphatic hydroxyl groups excluding tert-OH is 1. The number of hydrogen-bond donors (Lipinski definition) is 8. The van der Waals surface area contributed by atoms with Crippen LogP contribution in [0.1, 0.15) is 24.5 Å². The highest BCUT2D eigenvalue weighted by atomic mass is 16.4. The van der Waals surface area contributed by atoms with Crippen molar-refractivity contribution in [3.05, 3.63) is 65.7 Å². The van der Waals surface area contributed by atoms with E-state index in [1.54, 1.807) is 30.3 Å². The van der Waals surface area contributed by atoms with Gasteiger partial charge in [-0.25, -0.2) is 4.79 Å². The van der Waals surface area contributed by atoms with Crippen LogP contribution in [0.2, 0.25) is 0 Å². The zero-order valence-corrected chi connectivity index (χ0v) is 21.1. The van der Waals surface area contributed by atoms with Gasteiger partial charge < -0.3 is 42.1 Å². The molecule has 0 radical (unpaired) electrons. The normalized spacial score (nSPS) is 14.6. The standard InChI is InChI=1S/C26H32N4O9/c1-14(31)22(26(38)39)30-25(37)20(13-21(33)34)29-24(36)19(12-16-7-9-17(32)10-8-16)28-23(35)18(27)11-15-5-3-2-4-6-15/h2-10,14,18-20,22,31-32H,11-13,27H2,1H3,(H,28,35)(H,29,36)(H,30,37)(H,33,34)(H,38,39). The van der Waals surface area contributed by atoms with Crippen LogP contribution in [0.25, 0.3) is 0 Å². The van der Waals surface area contributed by atoms with Gasteiger partial charge in [0.25, 0.3) is 0 Å². The van der Waals surface area contributed by atoms with Crippen LogP contribution in [0.3, 0.4) is 0 Å². The number of aliphatic carboxylic acids is 2. The lowest BCUT2D eigenvalue weighted by Gasteiger charge is -2.25. The molecule has 0 aromatic heterocycles. The third kappa shape index (κ3) is 10.1. The quantitative estimate of drug-likeness (QED) is 0.143. The number of carboxylic acid groups (broad SMARTS) is 2. The van der Waals surface area contributed by atoms with Crippen molar-refractivity contribution in [3.63, 3.8) is 0 Å². The molecule has 210 valence electrons. The Bertz CT molecular complexity index is 1160. The molecule has 5 unspecified atom stereocenters. The van der Waals surface area contributed by atoms with Gasteiger partial charge in [0.05, 0.1) is 18.6 Å². The van der Waals surface area contributed by atoms with Gasteiger partial charge in [-0.2, -0.15) is 0 Å². The Kier molecular flexibility index (Phi) is 11.4. The SMILES string of the molecule is CC(O)C(NC(=O)C(CC(=O)O)NC(=O)C(Cc1ccc(O)cc1)NC(=O)C(N)Cc1ccccc1)C(=O)O. The molecule has 13 nitrogen and oxygen atoms in total. The van der Waals surface area contributed by atoms with E-state index in [1.807, 2.05) is 5.32 Å². The molecule has 0 aliphatic carbocycles. The van der Waals surface area contributed by atoms with E-state index in [0.717, 1.165) is 12.5 Å². The van der Waals surface area contributed by atoms with Crippen LogP contribution in [-0.2, 0) is 36.8 Å². The zero-order chi connectivity index (χ0) is 29.1. The molecule has 2 aromatic rings. The Morgan fingerprint density at radius 1 is 0.769 bits per heavy atom. The Morgan fingerprint density at radius 3 is 1.85 bits per heavy atom. The number of nitrogens with one attached hydrogen (secondary N) is 3. The molecule has 13 heteroatoms. The molecule has 0 aliphatic rings. The monoisotopic (exact) mass is 544 g/mol. The maximum absolute atomic E-state index is 13.2. The second kappa shape index (κ2) is 14.4. The molecule has 0 aliphatic heterocycles. The number of carbonyl (C=O) groups excluding carboxylic acids is 3. The summed E-state index contributed by atoms with van der Waals surface area (Å²) in [5.41, 5.74) is 7.34. The number of aromatic hydroxyl groups is 1. The number of rotatable bonds is 14. The first-order valence-electron chi connectivity index (χ1n) is 12.0. The number of phenolic OH excluding ortho intramolecular Hbond substituents is 1. The van der Waals surface area contributed by atoms with E-state index in [9.17, 15) is 44.4 Å². The number of hydrogen-bond acceptors (Lipinski definition) is 8. The van der Waals surface area contributed by atoms with Crippen LogP contribution in [-0.4, -0.2) is 80.4 Å². The molecule has 0 heterocycles. The molecule has 0 fully saturated rings. The van der Waals surface area contributed by atoms with Gasteiger partial charge in [0, 0.05) is 6.42 Å². The van der Waals surface area contributed by atoms with Crippen LogP contribution >= 0.6 is 0 Å². The lowest BCUT2D eigenvalue weighted by molar-refractivity contribution is -0.146. The molecule has 2 rings (SSSR count). The molecule has 0 bridgehead atoms. The summed E-state index contributed by atoms with van der Waals surface area (Å²) in [6.07, 6.45) is -2.36. The predicted octanol–water partition coefficient (Wildman–Crippen LogP) is -1.10. The summed E-state index contributed by atoms with van der Waals surface area (Å²) in [5, 5.41) is 44.4. The fraction of sp³-hybridized carbons (Fsp3) is 0.346. The number of nitrogens with two attached hydrogens (primary N) is 1. The van der Waals surface area contributed by atoms with Crippen molar-refractivity contribution in [2.24, 2.45) is 5.73 Å². The smallest absolute Gasteiger partial charge is 0.328 e. The van der Waals surface area contributed by atoms with Gasteiger partial charge in [0.1, 0.15) is 17.8 Å². The number of carbonyl (C=O) groups is 5. The van der Waals surface area contributed by atoms with E-state index in [4.69, 9.17) is 5.73 Å². The molecule has 39 heavy (non-hydrogen) atoms. The van der Waals surface area contributed by atoms with Gasteiger partial charge in [0.2, 0.25) is 17.7 Å². The molecule has 2 aromatic carbocycles. The number of phenols is 1. The van der Waals surface area contributed by atoms with Crippen LogP contribution < -0.4 is 21.7 Å². The fourth-order valence-corrected chi connectivity index (χ4v) is 3.62. The number of aliphatic hydroxyl groups is 1. The first-order chi connectivity index (χ1) is 18.4. The lowest BCUT2D eigenvalue weighted by Crippen LogP contribution is -2.59. The first kappa shape index (κ1) is 30.7. The maximum Gasteiger partial charge on any atom is 0.328 e. The number of benzene rings is 2. The van der Waals surface area contributed by atoms with Crippen LogP contribution in [0.4, 0.5) is 0 Å². The van der Waals surface area contributed by atoms with E-state index >= 15 is 0 Å². The lowest BCUT2D eigenvalue weighted by atomic mass is 10.0. The molecular formula is C26H32N4O9. The van der Waals surface area contributed by atoms with Gasteiger partial charge in [-0.15, -0.1) is 0 Å². The predicted molar refractivity (Wildman–Crippen MR) is 137 cm³/mol. The van der Waals surface area contributed by atoms with Crippen LogP contribution in [0.5, 0.6) is 5.75 Å². The van der Waals surface area contributed by atoms with Gasteiger partial charge in [0.15, 0.2) is 6.04 Å². The van der Waals surface area contributed by atoms with Crippen molar-refractivity contribution in [2.75, 3.05) is 0 Å². The summed E-state index contributed by atoms with van der Waals surface area (Å²) in [6.45, 7) is 1.12. The van der Waals surface area contributed by atoms with E-state index in [-0.39, 0.29) is 18.6 Å². The van der Waals surface area contributed by atoms with Gasteiger partial charge in [-0.1, -0.05) is 42.5 Å². The summed E-state index contributed by atoms with van der Waals surface area (Å²) in [7, 11) is 0. The van der Waals surface area contributed by atoms with E-state index in [1.165, 1.54) is 24.3 Å². The molecule has 5 atom stereocenters. The molecule has 0 spiro atoms. The van der Waals surface area contributed by atoms with Crippen molar-refractivity contribution in [2.45, 2.75) is 56.5 Å². The van der Waals surface area contributed by atoms with Gasteiger partial charge in [-0.3, -0.25) is 19.2 Å². The van der Waals surface area contributed by atoms with Crippen molar-refractivity contribution in [1.82, 2.24) is 16.0 Å². The molecule has 0 saturated carbocycles. The van der Waals surface area contributed by atoms with Crippen LogP contribution in [0, 0.1) is 0 Å². The first-order valence-corrected chi connectivity index (χ1v) is 12.0. The fourth-order valence-electron chi connectivity index (χ4n) is 3.62. The highest BCUT2D eigenvalue weighted by Gasteiger charge is 2.33. The zero-order valence-electron chi connectivity index (χ0n) is 21.1. The van der Waals surface area contributed by atoms with Crippen molar-refractivity contribution >= 4 is 29.7 Å². The minimum atomic E-state index is -1.76. The van der Waals surface area contributed by atoms with Gasteiger partial charge >= 0.3 is 11.9 Å². The third-order valence-corrected chi connectivity index (χ3v) is 5.70. The average Bonchev–Trinajstić information content (AvgIpc) is 2.87. The maximum atomic E-state index is 13.2. The van der Waals surface area contributed by atoms with E-state index in [0.29, 0.717) is 5.56 Å². The summed E-state index contributed by atoms with van der Waals surface area (Å²) in [5.74, 6) is -5.84. The Labute approximate surface area is 224 Å². The summed E-state index contributed by atoms with van der Waals surface area (Å²) >= 11 is 0. The molecule has 3 amide bonds.